The second-order valence-corrected chi connectivity index (χ2v) is 6.99. The minimum absolute atomic E-state index is 0.0615. The first kappa shape index (κ1) is 17.3. The van der Waals surface area contributed by atoms with Gasteiger partial charge in [0.15, 0.2) is 0 Å². The molecule has 0 aromatic rings. The number of nitrogens with zero attached hydrogens (tertiary/aromatic N) is 1. The summed E-state index contributed by atoms with van der Waals surface area (Å²) in [5.74, 6) is 0.276. The smallest absolute Gasteiger partial charge is 0.317 e. The first-order valence-corrected chi connectivity index (χ1v) is 8.99. The summed E-state index contributed by atoms with van der Waals surface area (Å²) in [6.45, 7) is 6.63. The molecule has 22 heavy (non-hydrogen) atoms. The number of carbonyl (C=O) groups is 1. The Bertz CT molecular complexity index is 372. The van der Waals surface area contributed by atoms with Crippen LogP contribution in [0.15, 0.2) is 12.7 Å². The quantitative estimate of drug-likeness (QED) is 0.583. The molecule has 126 valence electrons. The van der Waals surface area contributed by atoms with Crippen LogP contribution in [0.1, 0.15) is 64.7 Å². The van der Waals surface area contributed by atoms with Gasteiger partial charge in [-0.3, -0.25) is 0 Å². The number of aliphatic hydroxyl groups is 1. The number of rotatable bonds is 6. The van der Waals surface area contributed by atoms with Gasteiger partial charge in [-0.25, -0.2) is 4.79 Å². The van der Waals surface area contributed by atoms with Crippen LogP contribution in [0.3, 0.4) is 0 Å². The number of unbranched alkanes of at least 4 members (excludes halogenated alkanes) is 1. The molecule has 0 spiro atoms. The first-order chi connectivity index (χ1) is 10.6. The molecule has 4 atom stereocenters. The van der Waals surface area contributed by atoms with Gasteiger partial charge >= 0.3 is 6.03 Å². The molecule has 0 aromatic carbocycles. The molecule has 0 aromatic heterocycles. The van der Waals surface area contributed by atoms with Crippen LogP contribution in [0.5, 0.6) is 0 Å². The predicted octanol–water partition coefficient (Wildman–Crippen LogP) is 3.46. The van der Waals surface area contributed by atoms with Crippen LogP contribution in [-0.4, -0.2) is 40.8 Å². The van der Waals surface area contributed by atoms with Gasteiger partial charge in [-0.2, -0.15) is 0 Å². The molecule has 1 aliphatic heterocycles. The van der Waals surface area contributed by atoms with E-state index >= 15 is 0 Å². The Hall–Kier alpha value is -1.03. The van der Waals surface area contributed by atoms with Crippen molar-refractivity contribution < 1.29 is 9.90 Å². The van der Waals surface area contributed by atoms with Gasteiger partial charge in [0.05, 0.1) is 6.10 Å². The Balaban J connectivity index is 1.86. The van der Waals surface area contributed by atoms with Crippen molar-refractivity contribution >= 4 is 6.03 Å². The number of hydrogen-bond donors (Lipinski definition) is 2. The Labute approximate surface area is 135 Å². The zero-order chi connectivity index (χ0) is 15.9. The molecule has 2 fully saturated rings. The summed E-state index contributed by atoms with van der Waals surface area (Å²) in [5, 5.41) is 13.4. The Morgan fingerprint density at radius 3 is 2.86 bits per heavy atom. The SMILES string of the molecule is C=CCCC[C@H](C)NC(=O)N1CCC[C@@H]1[C@H]1CCCC[C@H]1O. The number of likely N-dealkylation sites (tertiary alicyclic amines) is 1. The summed E-state index contributed by atoms with van der Waals surface area (Å²) < 4.78 is 0. The van der Waals surface area contributed by atoms with E-state index in [1.165, 1.54) is 6.42 Å². The average Bonchev–Trinajstić information content (AvgIpc) is 2.97. The van der Waals surface area contributed by atoms with Gasteiger partial charge in [-0.15, -0.1) is 6.58 Å². The van der Waals surface area contributed by atoms with Crippen LogP contribution >= 0.6 is 0 Å². The molecule has 1 aliphatic carbocycles. The highest BCUT2D eigenvalue weighted by molar-refractivity contribution is 5.75. The zero-order valence-electron chi connectivity index (χ0n) is 14.0. The number of carbonyl (C=O) groups excluding carboxylic acids is 1. The van der Waals surface area contributed by atoms with Gasteiger partial charge < -0.3 is 15.3 Å². The Morgan fingerprint density at radius 2 is 2.14 bits per heavy atom. The number of aliphatic hydroxyl groups excluding tert-OH is 1. The van der Waals surface area contributed by atoms with Crippen molar-refractivity contribution in [1.29, 1.82) is 0 Å². The van der Waals surface area contributed by atoms with E-state index in [1.807, 2.05) is 11.0 Å². The van der Waals surface area contributed by atoms with Crippen molar-refractivity contribution in [1.82, 2.24) is 10.2 Å². The largest absolute Gasteiger partial charge is 0.393 e. The van der Waals surface area contributed by atoms with E-state index in [-0.39, 0.29) is 30.1 Å². The van der Waals surface area contributed by atoms with E-state index in [4.69, 9.17) is 0 Å². The van der Waals surface area contributed by atoms with E-state index in [2.05, 4.69) is 18.8 Å². The lowest BCUT2D eigenvalue weighted by Gasteiger charge is -2.37. The monoisotopic (exact) mass is 308 g/mol. The third-order valence-electron chi connectivity index (χ3n) is 5.25. The predicted molar refractivity (Wildman–Crippen MR) is 89.7 cm³/mol. The van der Waals surface area contributed by atoms with Crippen LogP contribution in [0.25, 0.3) is 0 Å². The lowest BCUT2D eigenvalue weighted by molar-refractivity contribution is 0.0304. The van der Waals surface area contributed by atoms with Gasteiger partial charge in [-0.05, 0) is 51.9 Å². The molecule has 2 aliphatic rings. The summed E-state index contributed by atoms with van der Waals surface area (Å²) >= 11 is 0. The molecule has 1 saturated heterocycles. The molecule has 4 nitrogen and oxygen atoms in total. The highest BCUT2D eigenvalue weighted by atomic mass is 16.3. The van der Waals surface area contributed by atoms with Gasteiger partial charge in [0.1, 0.15) is 0 Å². The standard InChI is InChI=1S/C18H32N2O2/c1-3-4-5-9-14(2)19-18(22)20-13-8-11-16(20)15-10-6-7-12-17(15)21/h3,14-17,21H,1,4-13H2,2H3,(H,19,22)/t14-,15+,16+,17+/m0/s1. The third kappa shape index (κ3) is 4.48. The molecular weight excluding hydrogens is 276 g/mol. The molecule has 4 heteroatoms. The lowest BCUT2D eigenvalue weighted by Crippen LogP contribution is -2.50. The van der Waals surface area contributed by atoms with E-state index in [0.717, 1.165) is 57.9 Å². The van der Waals surface area contributed by atoms with Crippen LogP contribution in [0.2, 0.25) is 0 Å². The van der Waals surface area contributed by atoms with E-state index < -0.39 is 0 Å². The van der Waals surface area contributed by atoms with Crippen molar-refractivity contribution in [2.45, 2.75) is 82.9 Å². The summed E-state index contributed by atoms with van der Waals surface area (Å²) in [7, 11) is 0. The lowest BCUT2D eigenvalue weighted by atomic mass is 9.80. The van der Waals surface area contributed by atoms with Crippen molar-refractivity contribution in [2.24, 2.45) is 5.92 Å². The summed E-state index contributed by atoms with van der Waals surface area (Å²) in [6, 6.07) is 0.493. The highest BCUT2D eigenvalue weighted by Crippen LogP contribution is 2.34. The van der Waals surface area contributed by atoms with Gasteiger partial charge in [0, 0.05) is 24.5 Å². The van der Waals surface area contributed by atoms with Gasteiger partial charge in [0.2, 0.25) is 0 Å². The molecule has 0 radical (unpaired) electrons. The topological polar surface area (TPSA) is 52.6 Å². The fourth-order valence-corrected chi connectivity index (χ4v) is 4.01. The number of urea groups is 1. The number of amides is 2. The molecule has 2 N–H and O–H groups in total. The fraction of sp³-hybridized carbons (Fsp3) is 0.833. The third-order valence-corrected chi connectivity index (χ3v) is 5.25. The molecule has 1 saturated carbocycles. The molecular formula is C18H32N2O2. The Kier molecular flexibility index (Phi) is 6.74. The number of nitrogens with one attached hydrogen (secondary N) is 1. The van der Waals surface area contributed by atoms with E-state index in [0.29, 0.717) is 0 Å². The van der Waals surface area contributed by atoms with Crippen molar-refractivity contribution in [3.63, 3.8) is 0 Å². The zero-order valence-corrected chi connectivity index (χ0v) is 14.0. The van der Waals surface area contributed by atoms with Crippen molar-refractivity contribution in [2.75, 3.05) is 6.54 Å². The minimum atomic E-state index is -0.225. The maximum absolute atomic E-state index is 12.6. The molecule has 1 heterocycles. The van der Waals surface area contributed by atoms with Crippen molar-refractivity contribution in [3.8, 4) is 0 Å². The number of hydrogen-bond acceptors (Lipinski definition) is 2. The molecule has 2 rings (SSSR count). The first-order valence-electron chi connectivity index (χ1n) is 8.99. The van der Waals surface area contributed by atoms with E-state index in [9.17, 15) is 9.90 Å². The van der Waals surface area contributed by atoms with E-state index in [1.54, 1.807) is 0 Å². The van der Waals surface area contributed by atoms with Crippen LogP contribution < -0.4 is 5.32 Å². The summed E-state index contributed by atoms with van der Waals surface area (Å²) in [5.41, 5.74) is 0. The second kappa shape index (κ2) is 8.56. The Morgan fingerprint density at radius 1 is 1.36 bits per heavy atom. The van der Waals surface area contributed by atoms with Crippen LogP contribution in [-0.2, 0) is 0 Å². The summed E-state index contributed by atoms with van der Waals surface area (Å²) in [4.78, 5) is 14.6. The van der Waals surface area contributed by atoms with Crippen molar-refractivity contribution in [3.05, 3.63) is 12.7 Å². The fourth-order valence-electron chi connectivity index (χ4n) is 4.01. The minimum Gasteiger partial charge on any atom is -0.393 e. The highest BCUT2D eigenvalue weighted by Gasteiger charge is 2.39. The maximum atomic E-state index is 12.6. The normalized spacial score (nSPS) is 30.1. The van der Waals surface area contributed by atoms with Crippen LogP contribution in [0.4, 0.5) is 4.79 Å². The number of allylic oxidation sites excluding steroid dienone is 1. The van der Waals surface area contributed by atoms with Gasteiger partial charge in [-0.1, -0.05) is 18.9 Å². The molecule has 2 amide bonds. The molecule has 0 bridgehead atoms. The maximum Gasteiger partial charge on any atom is 0.317 e. The van der Waals surface area contributed by atoms with Gasteiger partial charge in [0.25, 0.3) is 0 Å². The summed E-state index contributed by atoms with van der Waals surface area (Å²) in [6.07, 6.45) is 11.1. The second-order valence-electron chi connectivity index (χ2n) is 6.99. The van der Waals surface area contributed by atoms with Crippen LogP contribution in [0, 0.1) is 5.92 Å². The molecule has 0 unspecified atom stereocenters. The average molecular weight is 308 g/mol.